The molecule has 0 spiro atoms. The number of hydrogen-bond acceptors (Lipinski definition) is 4. The Kier molecular flexibility index (Phi) is 4.66. The van der Waals surface area contributed by atoms with Gasteiger partial charge in [0, 0.05) is 9.75 Å². The number of carbonyl (C=O) groups is 1. The number of hydrogen-bond donors (Lipinski definition) is 1. The summed E-state index contributed by atoms with van der Waals surface area (Å²) in [5, 5.41) is 13.9. The van der Waals surface area contributed by atoms with Gasteiger partial charge in [-0.2, -0.15) is 0 Å². The zero-order chi connectivity index (χ0) is 15.7. The van der Waals surface area contributed by atoms with Crippen molar-refractivity contribution in [2.75, 3.05) is 6.54 Å². The number of piperidine rings is 1. The lowest BCUT2D eigenvalue weighted by atomic mass is 9.97. The number of thiophene rings is 2. The quantitative estimate of drug-likeness (QED) is 0.897. The van der Waals surface area contributed by atoms with Crippen molar-refractivity contribution >= 4 is 28.6 Å². The highest BCUT2D eigenvalue weighted by Gasteiger charge is 2.36. The summed E-state index contributed by atoms with van der Waals surface area (Å²) in [5.41, 5.74) is 2.51. The molecule has 0 saturated carbocycles. The minimum Gasteiger partial charge on any atom is -0.480 e. The van der Waals surface area contributed by atoms with Crippen LogP contribution in [-0.4, -0.2) is 28.6 Å². The molecular formula is C17H21NO2S2. The third kappa shape index (κ3) is 2.98. The molecule has 1 aliphatic heterocycles. The third-order valence-electron chi connectivity index (χ3n) is 4.33. The van der Waals surface area contributed by atoms with E-state index in [0.29, 0.717) is 0 Å². The van der Waals surface area contributed by atoms with E-state index < -0.39 is 5.97 Å². The second-order valence-electron chi connectivity index (χ2n) is 5.98. The molecule has 0 bridgehead atoms. The lowest BCUT2D eigenvalue weighted by Gasteiger charge is -2.38. The predicted octanol–water partition coefficient (Wildman–Crippen LogP) is 4.45. The van der Waals surface area contributed by atoms with Gasteiger partial charge in [0.25, 0.3) is 0 Å². The summed E-state index contributed by atoms with van der Waals surface area (Å²) in [7, 11) is 0. The van der Waals surface area contributed by atoms with Crippen LogP contribution in [0.25, 0.3) is 0 Å². The maximum Gasteiger partial charge on any atom is 0.320 e. The van der Waals surface area contributed by atoms with Crippen molar-refractivity contribution in [3.8, 4) is 0 Å². The van der Waals surface area contributed by atoms with Crippen molar-refractivity contribution in [1.82, 2.24) is 4.90 Å². The SMILES string of the molecule is Cc1csc(C(c2sccc2C)N2CCCCC2C(=O)O)c1. The van der Waals surface area contributed by atoms with Crippen LogP contribution < -0.4 is 0 Å². The molecule has 2 atom stereocenters. The van der Waals surface area contributed by atoms with Gasteiger partial charge in [0.2, 0.25) is 0 Å². The molecule has 0 radical (unpaired) electrons. The number of nitrogens with zero attached hydrogens (tertiary/aromatic N) is 1. The number of aryl methyl sites for hydroxylation is 2. The number of aliphatic carboxylic acids is 1. The third-order valence-corrected chi connectivity index (χ3v) is 6.51. The Bertz CT molecular complexity index is 661. The van der Waals surface area contributed by atoms with Crippen LogP contribution in [0.5, 0.6) is 0 Å². The Morgan fingerprint density at radius 1 is 1.36 bits per heavy atom. The fourth-order valence-corrected chi connectivity index (χ4v) is 5.40. The summed E-state index contributed by atoms with van der Waals surface area (Å²) in [4.78, 5) is 16.5. The fourth-order valence-electron chi connectivity index (χ4n) is 3.23. The molecule has 118 valence electrons. The number of likely N-dealkylation sites (tertiary alicyclic amines) is 1. The Labute approximate surface area is 139 Å². The summed E-state index contributed by atoms with van der Waals surface area (Å²) >= 11 is 3.49. The highest BCUT2D eigenvalue weighted by Crippen LogP contribution is 2.40. The smallest absolute Gasteiger partial charge is 0.320 e. The van der Waals surface area contributed by atoms with E-state index >= 15 is 0 Å². The lowest BCUT2D eigenvalue weighted by Crippen LogP contribution is -2.46. The zero-order valence-corrected chi connectivity index (χ0v) is 14.5. The van der Waals surface area contributed by atoms with Crippen molar-refractivity contribution in [2.24, 2.45) is 0 Å². The second kappa shape index (κ2) is 6.52. The molecular weight excluding hydrogens is 314 g/mol. The number of carboxylic acid groups (broad SMARTS) is 1. The standard InChI is InChI=1S/C17H21NO2S2/c1-11-9-14(22-10-11)15(16-12(2)6-8-21-16)18-7-4-3-5-13(18)17(19)20/h6,8-10,13,15H,3-5,7H2,1-2H3,(H,19,20). The van der Waals surface area contributed by atoms with Crippen LogP contribution in [0.15, 0.2) is 22.9 Å². The first-order valence-electron chi connectivity index (χ1n) is 7.65. The van der Waals surface area contributed by atoms with E-state index in [1.165, 1.54) is 20.9 Å². The van der Waals surface area contributed by atoms with Crippen LogP contribution in [0.3, 0.4) is 0 Å². The van der Waals surface area contributed by atoms with E-state index in [0.717, 1.165) is 25.8 Å². The van der Waals surface area contributed by atoms with E-state index in [1.54, 1.807) is 22.7 Å². The largest absolute Gasteiger partial charge is 0.480 e. The Morgan fingerprint density at radius 2 is 2.18 bits per heavy atom. The van der Waals surface area contributed by atoms with Gasteiger partial charge in [0.05, 0.1) is 6.04 Å². The van der Waals surface area contributed by atoms with Gasteiger partial charge < -0.3 is 5.11 Å². The molecule has 3 rings (SSSR count). The normalized spacial score (nSPS) is 20.9. The average Bonchev–Trinajstić information content (AvgIpc) is 3.10. The first kappa shape index (κ1) is 15.7. The molecule has 3 heterocycles. The molecule has 0 aromatic carbocycles. The predicted molar refractivity (Wildman–Crippen MR) is 91.9 cm³/mol. The summed E-state index contributed by atoms with van der Waals surface area (Å²) in [5.74, 6) is -0.688. The molecule has 0 aliphatic carbocycles. The second-order valence-corrected chi connectivity index (χ2v) is 7.87. The molecule has 1 saturated heterocycles. The fraction of sp³-hybridized carbons (Fsp3) is 0.471. The van der Waals surface area contributed by atoms with Crippen LogP contribution in [0.4, 0.5) is 0 Å². The highest BCUT2D eigenvalue weighted by molar-refractivity contribution is 7.11. The molecule has 3 nitrogen and oxygen atoms in total. The van der Waals surface area contributed by atoms with Gasteiger partial charge in [-0.05, 0) is 67.3 Å². The van der Waals surface area contributed by atoms with Crippen LogP contribution in [0.1, 0.15) is 46.2 Å². The average molecular weight is 335 g/mol. The topological polar surface area (TPSA) is 40.5 Å². The summed E-state index contributed by atoms with van der Waals surface area (Å²) in [6.07, 6.45) is 2.84. The molecule has 5 heteroatoms. The zero-order valence-electron chi connectivity index (χ0n) is 12.9. The number of carboxylic acids is 1. The first-order chi connectivity index (χ1) is 10.6. The first-order valence-corrected chi connectivity index (χ1v) is 9.41. The van der Waals surface area contributed by atoms with Crippen molar-refractivity contribution in [3.63, 3.8) is 0 Å². The maximum absolute atomic E-state index is 11.7. The van der Waals surface area contributed by atoms with E-state index in [2.05, 4.69) is 41.6 Å². The summed E-state index contributed by atoms with van der Waals surface area (Å²) in [6.45, 7) is 5.08. The number of rotatable bonds is 4. The maximum atomic E-state index is 11.7. The van der Waals surface area contributed by atoms with E-state index in [1.807, 2.05) is 0 Å². The van der Waals surface area contributed by atoms with Crippen LogP contribution in [-0.2, 0) is 4.79 Å². The van der Waals surface area contributed by atoms with E-state index in [-0.39, 0.29) is 12.1 Å². The highest BCUT2D eigenvalue weighted by atomic mass is 32.1. The minimum atomic E-state index is -0.688. The molecule has 2 aromatic rings. The summed E-state index contributed by atoms with van der Waals surface area (Å²) in [6, 6.07) is 4.05. The van der Waals surface area contributed by atoms with Crippen LogP contribution in [0.2, 0.25) is 0 Å². The Balaban J connectivity index is 2.04. The van der Waals surface area contributed by atoms with Crippen molar-refractivity contribution < 1.29 is 9.90 Å². The molecule has 2 unspecified atom stereocenters. The molecule has 2 aromatic heterocycles. The Morgan fingerprint density at radius 3 is 2.77 bits per heavy atom. The molecule has 1 aliphatic rings. The van der Waals surface area contributed by atoms with Gasteiger partial charge in [-0.15, -0.1) is 22.7 Å². The van der Waals surface area contributed by atoms with Gasteiger partial charge in [-0.25, -0.2) is 0 Å². The van der Waals surface area contributed by atoms with Gasteiger partial charge in [0.1, 0.15) is 6.04 Å². The van der Waals surface area contributed by atoms with Crippen molar-refractivity contribution in [3.05, 3.63) is 43.8 Å². The van der Waals surface area contributed by atoms with Gasteiger partial charge in [0.15, 0.2) is 0 Å². The van der Waals surface area contributed by atoms with Gasteiger partial charge >= 0.3 is 5.97 Å². The van der Waals surface area contributed by atoms with Gasteiger partial charge in [-0.3, -0.25) is 9.69 Å². The minimum absolute atomic E-state index is 0.0834. The van der Waals surface area contributed by atoms with Crippen LogP contribution in [0, 0.1) is 13.8 Å². The van der Waals surface area contributed by atoms with E-state index in [4.69, 9.17) is 0 Å². The van der Waals surface area contributed by atoms with Gasteiger partial charge in [-0.1, -0.05) is 6.42 Å². The Hall–Kier alpha value is -1.17. The van der Waals surface area contributed by atoms with E-state index in [9.17, 15) is 9.90 Å². The molecule has 1 fully saturated rings. The molecule has 0 amide bonds. The van der Waals surface area contributed by atoms with Crippen LogP contribution >= 0.6 is 22.7 Å². The molecule has 1 N–H and O–H groups in total. The summed E-state index contributed by atoms with van der Waals surface area (Å²) < 4.78 is 0. The lowest BCUT2D eigenvalue weighted by molar-refractivity contribution is -0.145. The monoisotopic (exact) mass is 335 g/mol. The van der Waals surface area contributed by atoms with Crippen molar-refractivity contribution in [1.29, 1.82) is 0 Å². The molecule has 22 heavy (non-hydrogen) atoms. The van der Waals surface area contributed by atoms with Crippen molar-refractivity contribution in [2.45, 2.75) is 45.2 Å².